The summed E-state index contributed by atoms with van der Waals surface area (Å²) < 4.78 is 0. The molecule has 0 saturated heterocycles. The van der Waals surface area contributed by atoms with Gasteiger partial charge in [-0.2, -0.15) is 0 Å². The van der Waals surface area contributed by atoms with E-state index in [1.807, 2.05) is 36.5 Å². The molecular formula is C19H21N2O2S+. The minimum atomic E-state index is -0.380. The van der Waals surface area contributed by atoms with Crippen LogP contribution in [0.5, 0.6) is 0 Å². The molecule has 0 spiro atoms. The number of hydrogen-bond acceptors (Lipinski definition) is 3. The minimum Gasteiger partial charge on any atom is -0.311 e. The molecule has 1 N–H and O–H groups in total. The molecular weight excluding hydrogens is 320 g/mol. The van der Waals surface area contributed by atoms with E-state index >= 15 is 0 Å². The van der Waals surface area contributed by atoms with E-state index < -0.39 is 0 Å². The second-order valence-electron chi connectivity index (χ2n) is 6.66. The molecule has 0 aliphatic carbocycles. The van der Waals surface area contributed by atoms with Crippen LogP contribution >= 0.6 is 11.3 Å². The number of Topliss-reactive ketones (excluding diaryl/α,β-unsaturated/α-hetero) is 1. The maximum Gasteiger partial charge on any atom is 0.303 e. The number of aryl methyl sites for hydroxylation is 1. The molecule has 4 rings (SSSR count). The number of carbonyl (C=O) groups excluding carboxylic acids is 2. The van der Waals surface area contributed by atoms with Gasteiger partial charge in [0.15, 0.2) is 6.67 Å². The summed E-state index contributed by atoms with van der Waals surface area (Å²) >= 11 is 1.83. The molecule has 2 aliphatic heterocycles. The number of anilines is 1. The fourth-order valence-electron chi connectivity index (χ4n) is 4.00. The zero-order valence-corrected chi connectivity index (χ0v) is 14.8. The molecule has 0 bridgehead atoms. The molecule has 0 radical (unpaired) electrons. The lowest BCUT2D eigenvalue weighted by molar-refractivity contribution is -0.932. The van der Waals surface area contributed by atoms with Crippen molar-refractivity contribution in [2.75, 3.05) is 18.1 Å². The van der Waals surface area contributed by atoms with Crippen LogP contribution in [0.4, 0.5) is 5.69 Å². The smallest absolute Gasteiger partial charge is 0.303 e. The number of carbonyl (C=O) groups is 2. The second kappa shape index (κ2) is 5.83. The quantitative estimate of drug-likeness (QED) is 0.869. The maximum absolute atomic E-state index is 12.5. The molecule has 1 unspecified atom stereocenters. The average Bonchev–Trinajstić information content (AvgIpc) is 3.14. The molecule has 24 heavy (non-hydrogen) atoms. The van der Waals surface area contributed by atoms with Crippen LogP contribution in [-0.2, 0) is 11.2 Å². The van der Waals surface area contributed by atoms with E-state index in [4.69, 9.17) is 0 Å². The van der Waals surface area contributed by atoms with Gasteiger partial charge in [-0.1, -0.05) is 18.6 Å². The second-order valence-corrected chi connectivity index (χ2v) is 7.66. The molecule has 0 fully saturated rings. The van der Waals surface area contributed by atoms with Gasteiger partial charge >= 0.3 is 5.91 Å². The van der Waals surface area contributed by atoms with Crippen molar-refractivity contribution in [3.63, 3.8) is 0 Å². The Hall–Kier alpha value is -1.98. The first kappa shape index (κ1) is 15.5. The number of nitrogens with zero attached hydrogens (tertiary/aromatic N) is 1. The van der Waals surface area contributed by atoms with Crippen LogP contribution in [0.25, 0.3) is 0 Å². The van der Waals surface area contributed by atoms with Gasteiger partial charge in [0.05, 0.1) is 17.8 Å². The van der Waals surface area contributed by atoms with Crippen LogP contribution in [0.2, 0.25) is 0 Å². The highest BCUT2D eigenvalue weighted by Crippen LogP contribution is 2.30. The Kier molecular flexibility index (Phi) is 3.77. The van der Waals surface area contributed by atoms with Crippen molar-refractivity contribution >= 4 is 28.7 Å². The molecule has 2 aromatic rings. The van der Waals surface area contributed by atoms with Crippen LogP contribution in [0.3, 0.4) is 0 Å². The van der Waals surface area contributed by atoms with Gasteiger partial charge in [0.1, 0.15) is 6.04 Å². The van der Waals surface area contributed by atoms with Gasteiger partial charge in [-0.3, -0.25) is 14.5 Å². The average molecular weight is 341 g/mol. The summed E-state index contributed by atoms with van der Waals surface area (Å²) in [4.78, 5) is 29.4. The minimum absolute atomic E-state index is 0.366. The predicted molar refractivity (Wildman–Crippen MR) is 94.7 cm³/mol. The highest BCUT2D eigenvalue weighted by molar-refractivity contribution is 7.10. The van der Waals surface area contributed by atoms with Gasteiger partial charge < -0.3 is 4.90 Å². The number of amides is 1. The number of quaternary nitrogens is 1. The van der Waals surface area contributed by atoms with E-state index in [0.29, 0.717) is 18.3 Å². The van der Waals surface area contributed by atoms with Crippen molar-refractivity contribution in [1.82, 2.24) is 0 Å². The Morgan fingerprint density at radius 1 is 1.29 bits per heavy atom. The fraction of sp³-hybridized carbons (Fsp3) is 0.368. The molecule has 5 heteroatoms. The van der Waals surface area contributed by atoms with Crippen LogP contribution < -0.4 is 9.80 Å². The topological polar surface area (TPSA) is 41.8 Å². The van der Waals surface area contributed by atoms with Crippen molar-refractivity contribution in [2.45, 2.75) is 32.7 Å². The first-order valence-electron chi connectivity index (χ1n) is 8.47. The fourth-order valence-corrected chi connectivity index (χ4v) is 4.95. The molecule has 1 aromatic carbocycles. The summed E-state index contributed by atoms with van der Waals surface area (Å²) in [5.41, 5.74) is 3.76. The van der Waals surface area contributed by atoms with Gasteiger partial charge in [-0.25, -0.2) is 0 Å². The van der Waals surface area contributed by atoms with Crippen LogP contribution in [0.15, 0.2) is 29.6 Å². The van der Waals surface area contributed by atoms with Crippen molar-refractivity contribution < 1.29 is 14.5 Å². The number of thiophene rings is 1. The van der Waals surface area contributed by atoms with E-state index in [2.05, 4.69) is 18.4 Å². The normalized spacial score (nSPS) is 22.7. The molecule has 3 heterocycles. The summed E-state index contributed by atoms with van der Waals surface area (Å²) in [6.45, 7) is 5.72. The monoisotopic (exact) mass is 341 g/mol. The van der Waals surface area contributed by atoms with E-state index in [1.54, 1.807) is 4.90 Å². The largest absolute Gasteiger partial charge is 0.311 e. The lowest BCUT2D eigenvalue weighted by atomic mass is 9.98. The predicted octanol–water partition coefficient (Wildman–Crippen LogP) is 2.14. The first-order chi connectivity index (χ1) is 11.6. The summed E-state index contributed by atoms with van der Waals surface area (Å²) in [5, 5.41) is 2.17. The van der Waals surface area contributed by atoms with Crippen molar-refractivity contribution in [1.29, 1.82) is 0 Å². The van der Waals surface area contributed by atoms with Gasteiger partial charge in [0.2, 0.25) is 0 Å². The third-order valence-electron chi connectivity index (χ3n) is 5.22. The SMILES string of the molecule is CC[C@@H]1c2ccsc2CC[NH+]1CN1C(=O)C(=O)c2cc(C)ccc21. The summed E-state index contributed by atoms with van der Waals surface area (Å²) in [6.07, 6.45) is 2.09. The third-order valence-corrected chi connectivity index (χ3v) is 6.21. The standard InChI is InChI=1S/C19H20N2O2S/c1-3-15-13-7-9-24-17(13)6-8-20(15)11-21-16-5-4-12(2)10-14(16)18(22)19(21)23/h4-5,7,9-10,15H,3,6,8,11H2,1-2H3/p+1/t15-/m1/s1. The zero-order valence-electron chi connectivity index (χ0n) is 14.0. The highest BCUT2D eigenvalue weighted by Gasteiger charge is 2.40. The van der Waals surface area contributed by atoms with Crippen molar-refractivity contribution in [3.8, 4) is 0 Å². The number of ketones is 1. The molecule has 1 aromatic heterocycles. The highest BCUT2D eigenvalue weighted by atomic mass is 32.1. The van der Waals surface area contributed by atoms with Crippen LogP contribution in [0.1, 0.15) is 45.7 Å². The zero-order chi connectivity index (χ0) is 16.8. The molecule has 2 aliphatic rings. The van der Waals surface area contributed by atoms with Crippen LogP contribution in [0, 0.1) is 6.92 Å². The van der Waals surface area contributed by atoms with E-state index in [0.717, 1.165) is 30.6 Å². The number of hydrogen-bond donors (Lipinski definition) is 1. The first-order valence-corrected chi connectivity index (χ1v) is 9.35. The van der Waals surface area contributed by atoms with Gasteiger partial charge in [-0.05, 0) is 30.5 Å². The van der Waals surface area contributed by atoms with E-state index in [-0.39, 0.29) is 11.7 Å². The Bertz CT molecular complexity index is 827. The van der Waals surface area contributed by atoms with Gasteiger partial charge in [0.25, 0.3) is 5.78 Å². The molecule has 1 amide bonds. The van der Waals surface area contributed by atoms with Crippen molar-refractivity contribution in [2.24, 2.45) is 0 Å². The Balaban J connectivity index is 1.64. The summed E-state index contributed by atoms with van der Waals surface area (Å²) in [5.74, 6) is -0.747. The number of fused-ring (bicyclic) bond motifs is 2. The number of benzene rings is 1. The third kappa shape index (κ3) is 2.31. The van der Waals surface area contributed by atoms with E-state index in [1.165, 1.54) is 15.3 Å². The summed E-state index contributed by atoms with van der Waals surface area (Å²) in [6, 6.07) is 8.33. The molecule has 0 saturated carbocycles. The molecule has 4 nitrogen and oxygen atoms in total. The van der Waals surface area contributed by atoms with Crippen molar-refractivity contribution in [3.05, 3.63) is 51.2 Å². The summed E-state index contributed by atoms with van der Waals surface area (Å²) in [7, 11) is 0. The number of rotatable bonds is 3. The molecule has 124 valence electrons. The van der Waals surface area contributed by atoms with Gasteiger partial charge in [0, 0.05) is 23.3 Å². The van der Waals surface area contributed by atoms with Gasteiger partial charge in [-0.15, -0.1) is 11.3 Å². The Morgan fingerprint density at radius 2 is 2.12 bits per heavy atom. The number of nitrogens with one attached hydrogen (secondary N) is 1. The Morgan fingerprint density at radius 3 is 2.92 bits per heavy atom. The lowest BCUT2D eigenvalue weighted by Crippen LogP contribution is -3.15. The molecule has 2 atom stereocenters. The van der Waals surface area contributed by atoms with Crippen LogP contribution in [-0.4, -0.2) is 24.9 Å². The Labute approximate surface area is 145 Å². The lowest BCUT2D eigenvalue weighted by Gasteiger charge is -2.34. The van der Waals surface area contributed by atoms with E-state index in [9.17, 15) is 9.59 Å². The maximum atomic E-state index is 12.5.